The zero-order chi connectivity index (χ0) is 24.1. The minimum atomic E-state index is -3.53. The van der Waals surface area contributed by atoms with Crippen molar-refractivity contribution in [3.05, 3.63) is 82.7 Å². The summed E-state index contributed by atoms with van der Waals surface area (Å²) in [5.41, 5.74) is 7.00. The van der Waals surface area contributed by atoms with Crippen LogP contribution in [-0.2, 0) is 16.6 Å². The third-order valence-electron chi connectivity index (χ3n) is 5.58. The molecule has 10 heteroatoms. The first-order chi connectivity index (χ1) is 16.3. The van der Waals surface area contributed by atoms with Crippen molar-refractivity contribution >= 4 is 33.2 Å². The minimum Gasteiger partial charge on any atom is -0.488 e. The van der Waals surface area contributed by atoms with E-state index in [-0.39, 0.29) is 18.6 Å². The van der Waals surface area contributed by atoms with Crippen LogP contribution in [0, 0.1) is 0 Å². The number of nitrogens with zero attached hydrogens (tertiary/aromatic N) is 1. The molecular formula is C24H25N3O5S2. The molecule has 178 valence electrons. The Morgan fingerprint density at radius 1 is 1.06 bits per heavy atom. The van der Waals surface area contributed by atoms with Crippen LogP contribution in [0.4, 0.5) is 0 Å². The van der Waals surface area contributed by atoms with Crippen molar-refractivity contribution in [1.82, 2.24) is 9.62 Å². The number of amides is 2. The number of hydrogen-bond acceptors (Lipinski definition) is 6. The number of likely N-dealkylation sites (tertiary alicyclic amines) is 1. The Morgan fingerprint density at radius 2 is 1.82 bits per heavy atom. The topological polar surface area (TPSA) is 119 Å². The number of carbonyl (C=O) groups excluding carboxylic acids is 2. The van der Waals surface area contributed by atoms with E-state index in [1.165, 1.54) is 11.3 Å². The van der Waals surface area contributed by atoms with Crippen LogP contribution in [0.1, 0.15) is 39.1 Å². The standard InChI is InChI=1S/C24H25N3O5S2/c25-23(28)20-7-1-2-8-21(20)32-16-17-5-3-6-18(15-17)24(29)27-12-10-19(11-13-27)26-34(30,31)22-9-4-14-33-22/h1-9,14-15,19,26H,10-13,16H2,(H2,25,28). The van der Waals surface area contributed by atoms with Gasteiger partial charge in [0.15, 0.2) is 0 Å². The van der Waals surface area contributed by atoms with Gasteiger partial charge in [-0.3, -0.25) is 9.59 Å². The van der Waals surface area contributed by atoms with Gasteiger partial charge in [-0.05, 0) is 54.1 Å². The van der Waals surface area contributed by atoms with Gasteiger partial charge in [-0.1, -0.05) is 30.3 Å². The lowest BCUT2D eigenvalue weighted by Crippen LogP contribution is -2.46. The third kappa shape index (κ3) is 5.64. The predicted octanol–water partition coefficient (Wildman–Crippen LogP) is 3.01. The second-order valence-corrected chi connectivity index (χ2v) is 10.9. The zero-order valence-electron chi connectivity index (χ0n) is 18.3. The van der Waals surface area contributed by atoms with Crippen molar-refractivity contribution in [3.63, 3.8) is 0 Å². The maximum Gasteiger partial charge on any atom is 0.253 e. The van der Waals surface area contributed by atoms with Crippen LogP contribution in [-0.4, -0.2) is 44.3 Å². The zero-order valence-corrected chi connectivity index (χ0v) is 20.0. The second kappa shape index (κ2) is 10.4. The lowest BCUT2D eigenvalue weighted by atomic mass is 10.0. The number of ether oxygens (including phenoxy) is 1. The van der Waals surface area contributed by atoms with Crippen molar-refractivity contribution in [2.45, 2.75) is 29.7 Å². The Balaban J connectivity index is 1.34. The van der Waals surface area contributed by atoms with Gasteiger partial charge in [0.25, 0.3) is 11.8 Å². The summed E-state index contributed by atoms with van der Waals surface area (Å²) in [6.45, 7) is 1.10. The molecule has 2 amide bonds. The number of primary amides is 1. The van der Waals surface area contributed by atoms with Gasteiger partial charge in [-0.15, -0.1) is 11.3 Å². The average Bonchev–Trinajstić information content (AvgIpc) is 3.39. The molecule has 0 saturated carbocycles. The number of benzene rings is 2. The van der Waals surface area contributed by atoms with Gasteiger partial charge in [0.2, 0.25) is 10.0 Å². The summed E-state index contributed by atoms with van der Waals surface area (Å²) in [4.78, 5) is 26.3. The normalized spacial score (nSPS) is 14.6. The van der Waals surface area contributed by atoms with E-state index >= 15 is 0 Å². The summed E-state index contributed by atoms with van der Waals surface area (Å²) >= 11 is 1.18. The van der Waals surface area contributed by atoms with E-state index in [2.05, 4.69) is 4.72 Å². The number of nitrogens with one attached hydrogen (secondary N) is 1. The molecule has 1 aliphatic heterocycles. The van der Waals surface area contributed by atoms with Crippen molar-refractivity contribution in [2.24, 2.45) is 5.73 Å². The SMILES string of the molecule is NC(=O)c1ccccc1OCc1cccc(C(=O)N2CCC(NS(=O)(=O)c3cccs3)CC2)c1. The van der Waals surface area contributed by atoms with E-state index in [0.29, 0.717) is 47.0 Å². The summed E-state index contributed by atoms with van der Waals surface area (Å²) < 4.78 is 33.7. The van der Waals surface area contributed by atoms with E-state index in [9.17, 15) is 18.0 Å². The highest BCUT2D eigenvalue weighted by atomic mass is 32.2. The van der Waals surface area contributed by atoms with Crippen molar-refractivity contribution in [3.8, 4) is 5.75 Å². The molecule has 34 heavy (non-hydrogen) atoms. The largest absolute Gasteiger partial charge is 0.488 e. The van der Waals surface area contributed by atoms with Gasteiger partial charge in [-0.2, -0.15) is 0 Å². The molecule has 4 rings (SSSR count). The Hall–Kier alpha value is -3.21. The number of hydrogen-bond donors (Lipinski definition) is 2. The number of sulfonamides is 1. The lowest BCUT2D eigenvalue weighted by Gasteiger charge is -2.32. The lowest BCUT2D eigenvalue weighted by molar-refractivity contribution is 0.0711. The number of para-hydroxylation sites is 1. The first kappa shape index (κ1) is 23.9. The highest BCUT2D eigenvalue weighted by molar-refractivity contribution is 7.91. The molecule has 2 aromatic carbocycles. The van der Waals surface area contributed by atoms with E-state index < -0.39 is 15.9 Å². The van der Waals surface area contributed by atoms with Crippen LogP contribution in [0.5, 0.6) is 5.75 Å². The molecule has 3 aromatic rings. The summed E-state index contributed by atoms with van der Waals surface area (Å²) in [5.74, 6) is -0.293. The highest BCUT2D eigenvalue weighted by Crippen LogP contribution is 2.21. The molecule has 0 aliphatic carbocycles. The van der Waals surface area contributed by atoms with Gasteiger partial charge in [0, 0.05) is 24.7 Å². The second-order valence-electron chi connectivity index (χ2n) is 7.97. The molecule has 1 aliphatic rings. The average molecular weight is 500 g/mol. The number of piperidine rings is 1. The van der Waals surface area contributed by atoms with Crippen molar-refractivity contribution < 1.29 is 22.7 Å². The maximum atomic E-state index is 13.0. The molecule has 0 atom stereocenters. The van der Waals surface area contributed by atoms with Crippen LogP contribution >= 0.6 is 11.3 Å². The van der Waals surface area contributed by atoms with Gasteiger partial charge in [0.1, 0.15) is 16.6 Å². The summed E-state index contributed by atoms with van der Waals surface area (Å²) in [6, 6.07) is 17.0. The smallest absolute Gasteiger partial charge is 0.253 e. The third-order valence-corrected chi connectivity index (χ3v) is 8.50. The Morgan fingerprint density at radius 3 is 2.53 bits per heavy atom. The molecule has 0 bridgehead atoms. The van der Waals surface area contributed by atoms with Crippen LogP contribution in [0.3, 0.4) is 0 Å². The fourth-order valence-corrected chi connectivity index (χ4v) is 6.14. The highest BCUT2D eigenvalue weighted by Gasteiger charge is 2.27. The predicted molar refractivity (Wildman–Crippen MR) is 129 cm³/mol. The fraction of sp³-hybridized carbons (Fsp3) is 0.250. The Bertz CT molecular complexity index is 1270. The Kier molecular flexibility index (Phi) is 7.30. The molecular weight excluding hydrogens is 474 g/mol. The van der Waals surface area contributed by atoms with Gasteiger partial charge in [0.05, 0.1) is 5.56 Å². The van der Waals surface area contributed by atoms with Gasteiger partial charge >= 0.3 is 0 Å². The molecule has 2 heterocycles. The van der Waals surface area contributed by atoms with Crippen molar-refractivity contribution in [2.75, 3.05) is 13.1 Å². The molecule has 3 N–H and O–H groups in total. The minimum absolute atomic E-state index is 0.112. The quantitative estimate of drug-likeness (QED) is 0.494. The van der Waals surface area contributed by atoms with Crippen molar-refractivity contribution in [1.29, 1.82) is 0 Å². The molecule has 0 radical (unpaired) electrons. The van der Waals surface area contributed by atoms with Crippen LogP contribution in [0.2, 0.25) is 0 Å². The number of nitrogens with two attached hydrogens (primary N) is 1. The van der Waals surface area contributed by atoms with Crippen LogP contribution in [0.15, 0.2) is 70.3 Å². The number of thiophene rings is 1. The van der Waals surface area contributed by atoms with E-state index in [1.807, 2.05) is 6.07 Å². The van der Waals surface area contributed by atoms with Gasteiger partial charge in [-0.25, -0.2) is 13.1 Å². The molecule has 1 aromatic heterocycles. The molecule has 8 nitrogen and oxygen atoms in total. The van der Waals surface area contributed by atoms with E-state index in [4.69, 9.17) is 10.5 Å². The number of rotatable bonds is 8. The summed E-state index contributed by atoms with van der Waals surface area (Å²) in [5, 5.41) is 1.73. The van der Waals surface area contributed by atoms with E-state index in [1.54, 1.807) is 64.9 Å². The first-order valence-electron chi connectivity index (χ1n) is 10.8. The molecule has 0 spiro atoms. The fourth-order valence-electron chi connectivity index (χ4n) is 3.83. The molecule has 1 saturated heterocycles. The molecule has 1 fully saturated rings. The number of carbonyl (C=O) groups is 2. The Labute approximate surface area is 202 Å². The van der Waals surface area contributed by atoms with Crippen LogP contribution in [0.25, 0.3) is 0 Å². The first-order valence-corrected chi connectivity index (χ1v) is 13.2. The summed E-state index contributed by atoms with van der Waals surface area (Å²) in [7, 11) is -3.53. The van der Waals surface area contributed by atoms with Crippen LogP contribution < -0.4 is 15.2 Å². The summed E-state index contributed by atoms with van der Waals surface area (Å²) in [6.07, 6.45) is 1.09. The van der Waals surface area contributed by atoms with Gasteiger partial charge < -0.3 is 15.4 Å². The van der Waals surface area contributed by atoms with E-state index in [0.717, 1.165) is 5.56 Å². The maximum absolute atomic E-state index is 13.0. The monoisotopic (exact) mass is 499 g/mol. The molecule has 0 unspecified atom stereocenters.